The molecule has 88 valence electrons. The average molecular weight is 235 g/mol. The van der Waals surface area contributed by atoms with Gasteiger partial charge in [-0.2, -0.15) is 13.2 Å². The standard InChI is InChI=1S/C9H8F3NO3/c10-9(11,12)8(15,16)4-7(14)6-2-1-3-13-5-6/h1-5,14-16H. The summed E-state index contributed by atoms with van der Waals surface area (Å²) in [4.78, 5) is 3.55. The smallest absolute Gasteiger partial charge is 0.447 e. The second-order valence-electron chi connectivity index (χ2n) is 3.00. The number of aliphatic hydroxyl groups is 3. The van der Waals surface area contributed by atoms with Gasteiger partial charge in [0.05, 0.1) is 0 Å². The summed E-state index contributed by atoms with van der Waals surface area (Å²) < 4.78 is 36.1. The lowest BCUT2D eigenvalue weighted by Crippen LogP contribution is -2.43. The third kappa shape index (κ3) is 2.71. The summed E-state index contributed by atoms with van der Waals surface area (Å²) in [7, 11) is 0. The topological polar surface area (TPSA) is 73.6 Å². The van der Waals surface area contributed by atoms with Crippen LogP contribution >= 0.6 is 0 Å². The Hall–Kier alpha value is -1.60. The highest BCUT2D eigenvalue weighted by molar-refractivity contribution is 5.58. The zero-order valence-electron chi connectivity index (χ0n) is 7.81. The molecule has 0 atom stereocenters. The van der Waals surface area contributed by atoms with Crippen molar-refractivity contribution in [3.8, 4) is 0 Å². The average Bonchev–Trinajstić information content (AvgIpc) is 2.16. The molecule has 1 heterocycles. The lowest BCUT2D eigenvalue weighted by atomic mass is 10.1. The summed E-state index contributed by atoms with van der Waals surface area (Å²) in [6.07, 6.45) is -2.96. The second-order valence-corrected chi connectivity index (χ2v) is 3.00. The Balaban J connectivity index is 3.03. The first kappa shape index (κ1) is 12.5. The molecule has 0 spiro atoms. The van der Waals surface area contributed by atoms with E-state index in [1.807, 2.05) is 0 Å². The Morgan fingerprint density at radius 3 is 2.38 bits per heavy atom. The van der Waals surface area contributed by atoms with E-state index in [-0.39, 0.29) is 11.6 Å². The summed E-state index contributed by atoms with van der Waals surface area (Å²) in [6.45, 7) is 0. The predicted molar refractivity (Wildman–Crippen MR) is 48.1 cm³/mol. The van der Waals surface area contributed by atoms with E-state index in [4.69, 9.17) is 10.2 Å². The van der Waals surface area contributed by atoms with Crippen LogP contribution in [0.3, 0.4) is 0 Å². The molecule has 0 amide bonds. The van der Waals surface area contributed by atoms with Gasteiger partial charge in [-0.15, -0.1) is 0 Å². The zero-order valence-corrected chi connectivity index (χ0v) is 7.81. The molecular weight excluding hydrogens is 227 g/mol. The highest BCUT2D eigenvalue weighted by Gasteiger charge is 2.51. The lowest BCUT2D eigenvalue weighted by molar-refractivity contribution is -0.323. The SMILES string of the molecule is OC(=CC(O)(O)C(F)(F)F)c1cccnc1. The van der Waals surface area contributed by atoms with Gasteiger partial charge < -0.3 is 15.3 Å². The molecule has 0 aliphatic heterocycles. The van der Waals surface area contributed by atoms with Gasteiger partial charge in [-0.3, -0.25) is 4.98 Å². The van der Waals surface area contributed by atoms with Crippen molar-refractivity contribution < 1.29 is 28.5 Å². The van der Waals surface area contributed by atoms with Crippen molar-refractivity contribution >= 4 is 5.76 Å². The van der Waals surface area contributed by atoms with Crippen molar-refractivity contribution in [2.45, 2.75) is 12.0 Å². The molecule has 0 radical (unpaired) electrons. The van der Waals surface area contributed by atoms with E-state index in [0.29, 0.717) is 0 Å². The van der Waals surface area contributed by atoms with Gasteiger partial charge in [-0.25, -0.2) is 0 Å². The van der Waals surface area contributed by atoms with Crippen molar-refractivity contribution in [3.05, 3.63) is 36.2 Å². The van der Waals surface area contributed by atoms with Gasteiger partial charge >= 0.3 is 6.18 Å². The fourth-order valence-electron chi connectivity index (χ4n) is 0.870. The third-order valence-corrected chi connectivity index (χ3v) is 1.71. The van der Waals surface area contributed by atoms with Gasteiger partial charge in [0.2, 0.25) is 0 Å². The van der Waals surface area contributed by atoms with Crippen LogP contribution in [-0.2, 0) is 0 Å². The molecule has 0 saturated carbocycles. The molecule has 4 nitrogen and oxygen atoms in total. The van der Waals surface area contributed by atoms with Crippen molar-refractivity contribution in [2.24, 2.45) is 0 Å². The van der Waals surface area contributed by atoms with Crippen LogP contribution < -0.4 is 0 Å². The van der Waals surface area contributed by atoms with Gasteiger partial charge in [-0.1, -0.05) is 0 Å². The third-order valence-electron chi connectivity index (χ3n) is 1.71. The van der Waals surface area contributed by atoms with Crippen molar-refractivity contribution in [1.82, 2.24) is 4.98 Å². The van der Waals surface area contributed by atoms with Crippen LogP contribution in [0.25, 0.3) is 5.76 Å². The normalized spacial score (nSPS) is 13.9. The quantitative estimate of drug-likeness (QED) is 0.532. The van der Waals surface area contributed by atoms with E-state index in [9.17, 15) is 18.3 Å². The number of aromatic nitrogens is 1. The van der Waals surface area contributed by atoms with E-state index in [1.54, 1.807) is 0 Å². The van der Waals surface area contributed by atoms with Gasteiger partial charge in [0.1, 0.15) is 5.76 Å². The highest BCUT2D eigenvalue weighted by atomic mass is 19.4. The van der Waals surface area contributed by atoms with Crippen molar-refractivity contribution in [2.75, 3.05) is 0 Å². The van der Waals surface area contributed by atoms with Gasteiger partial charge in [0.25, 0.3) is 5.79 Å². The zero-order chi connectivity index (χ0) is 12.4. The molecule has 0 unspecified atom stereocenters. The molecule has 1 aromatic heterocycles. The predicted octanol–water partition coefficient (Wildman–Crippen LogP) is 1.22. The maximum absolute atomic E-state index is 12.0. The summed E-state index contributed by atoms with van der Waals surface area (Å²) in [5.74, 6) is -5.00. The molecule has 3 N–H and O–H groups in total. The molecule has 0 aliphatic rings. The minimum absolute atomic E-state index is 0.0563. The van der Waals surface area contributed by atoms with Gasteiger partial charge in [0.15, 0.2) is 0 Å². The molecule has 0 aromatic carbocycles. The Bertz CT molecular complexity index is 387. The largest absolute Gasteiger partial charge is 0.507 e. The highest BCUT2D eigenvalue weighted by Crippen LogP contribution is 2.30. The molecule has 0 bridgehead atoms. The summed E-state index contributed by atoms with van der Waals surface area (Å²) >= 11 is 0. The molecular formula is C9H8F3NO3. The molecule has 16 heavy (non-hydrogen) atoms. The lowest BCUT2D eigenvalue weighted by Gasteiger charge is -2.21. The number of halogens is 3. The molecule has 1 rings (SSSR count). The van der Waals surface area contributed by atoms with Crippen LogP contribution in [0.15, 0.2) is 30.6 Å². The number of alkyl halides is 3. The van der Waals surface area contributed by atoms with Crippen molar-refractivity contribution in [1.29, 1.82) is 0 Å². The van der Waals surface area contributed by atoms with Crippen molar-refractivity contribution in [3.63, 3.8) is 0 Å². The van der Waals surface area contributed by atoms with Gasteiger partial charge in [0, 0.05) is 24.0 Å². The maximum Gasteiger partial charge on any atom is 0.447 e. The van der Waals surface area contributed by atoms with Crippen LogP contribution in [-0.4, -0.2) is 32.3 Å². The van der Waals surface area contributed by atoms with E-state index in [2.05, 4.69) is 4.98 Å². The number of hydrogen-bond donors (Lipinski definition) is 3. The Morgan fingerprint density at radius 2 is 1.94 bits per heavy atom. The molecule has 1 aromatic rings. The molecule has 0 aliphatic carbocycles. The number of hydrogen-bond acceptors (Lipinski definition) is 4. The molecule has 0 saturated heterocycles. The number of rotatable bonds is 2. The first-order chi connectivity index (χ1) is 7.24. The van der Waals surface area contributed by atoms with E-state index in [1.165, 1.54) is 18.3 Å². The Kier molecular flexibility index (Phi) is 3.20. The van der Waals surface area contributed by atoms with E-state index in [0.717, 1.165) is 6.20 Å². The van der Waals surface area contributed by atoms with E-state index >= 15 is 0 Å². The monoisotopic (exact) mass is 235 g/mol. The van der Waals surface area contributed by atoms with Crippen LogP contribution in [0, 0.1) is 0 Å². The number of aliphatic hydroxyl groups excluding tert-OH is 1. The second kappa shape index (κ2) is 4.11. The van der Waals surface area contributed by atoms with E-state index < -0.39 is 17.7 Å². The van der Waals surface area contributed by atoms with Crippen LogP contribution in [0.1, 0.15) is 5.56 Å². The first-order valence-corrected chi connectivity index (χ1v) is 4.08. The summed E-state index contributed by atoms with van der Waals surface area (Å²) in [5, 5.41) is 26.5. The van der Waals surface area contributed by atoms with Crippen LogP contribution in [0.4, 0.5) is 13.2 Å². The fraction of sp³-hybridized carbons (Fsp3) is 0.222. The maximum atomic E-state index is 12.0. The fourth-order valence-corrected chi connectivity index (χ4v) is 0.870. The molecule has 0 fully saturated rings. The summed E-state index contributed by atoms with van der Waals surface area (Å²) in [6, 6.07) is 2.65. The number of pyridine rings is 1. The van der Waals surface area contributed by atoms with Gasteiger partial charge in [-0.05, 0) is 12.1 Å². The van der Waals surface area contributed by atoms with Crippen LogP contribution in [0.2, 0.25) is 0 Å². The number of nitrogens with zero attached hydrogens (tertiary/aromatic N) is 1. The minimum atomic E-state index is -5.29. The Morgan fingerprint density at radius 1 is 1.31 bits per heavy atom. The van der Waals surface area contributed by atoms with Crippen LogP contribution in [0.5, 0.6) is 0 Å². The molecule has 7 heteroatoms. The minimum Gasteiger partial charge on any atom is -0.507 e. The Labute approximate surface area is 88.3 Å². The first-order valence-electron chi connectivity index (χ1n) is 4.08. The summed E-state index contributed by atoms with van der Waals surface area (Å²) in [5.41, 5.74) is -0.0563.